The quantitative estimate of drug-likeness (QED) is 0.614. The van der Waals surface area contributed by atoms with Gasteiger partial charge in [0.05, 0.1) is 5.92 Å². The predicted molar refractivity (Wildman–Crippen MR) is 68.0 cm³/mol. The molecule has 2 aromatic heterocycles. The third kappa shape index (κ3) is 1.62. The van der Waals surface area contributed by atoms with Crippen LogP contribution >= 0.6 is 11.3 Å². The van der Waals surface area contributed by atoms with Gasteiger partial charge in [-0.25, -0.2) is 4.98 Å². The molecule has 0 aliphatic heterocycles. The Bertz CT molecular complexity index is 626. The van der Waals surface area contributed by atoms with Crippen LogP contribution < -0.4 is 0 Å². The second-order valence-corrected chi connectivity index (χ2v) is 5.44. The van der Waals surface area contributed by atoms with Crippen LogP contribution in [0.5, 0.6) is 0 Å². The number of ketones is 2. The van der Waals surface area contributed by atoms with Crippen LogP contribution in [0.1, 0.15) is 32.3 Å². The van der Waals surface area contributed by atoms with Gasteiger partial charge in [-0.1, -0.05) is 0 Å². The summed E-state index contributed by atoms with van der Waals surface area (Å²) < 4.78 is 1.67. The molecule has 0 saturated heterocycles. The minimum atomic E-state index is -0.562. The molecule has 92 valence electrons. The zero-order valence-corrected chi connectivity index (χ0v) is 10.7. The summed E-state index contributed by atoms with van der Waals surface area (Å²) in [6, 6.07) is 1.82. The first-order valence-electron chi connectivity index (χ1n) is 5.80. The molecule has 0 amide bonds. The highest BCUT2D eigenvalue weighted by molar-refractivity contribution is 7.10. The van der Waals surface area contributed by atoms with Crippen molar-refractivity contribution in [2.45, 2.75) is 12.8 Å². The minimum Gasteiger partial charge on any atom is -0.332 e. The van der Waals surface area contributed by atoms with E-state index in [1.807, 2.05) is 11.4 Å². The largest absolute Gasteiger partial charge is 0.332 e. The summed E-state index contributed by atoms with van der Waals surface area (Å²) in [5.41, 5.74) is 0.721. The normalized spacial score (nSPS) is 18.7. The number of nitrogens with zero attached hydrogens (tertiary/aromatic N) is 2. The number of rotatable bonds is 2. The molecule has 0 spiro atoms. The number of carbonyl (C=O) groups is 2. The van der Waals surface area contributed by atoms with Gasteiger partial charge < -0.3 is 4.57 Å². The number of Topliss-reactive ketones (excluding diaryl/α,β-unsaturated/α-hetero) is 2. The molecule has 0 fully saturated rings. The number of hydrogen-bond donors (Lipinski definition) is 0. The summed E-state index contributed by atoms with van der Waals surface area (Å²) in [6.07, 6.45) is 4.70. The molecule has 0 radical (unpaired) electrons. The van der Waals surface area contributed by atoms with Gasteiger partial charge in [-0.15, -0.1) is 11.3 Å². The topological polar surface area (TPSA) is 52.0 Å². The van der Waals surface area contributed by atoms with Gasteiger partial charge in [-0.2, -0.15) is 0 Å². The van der Waals surface area contributed by atoms with Crippen molar-refractivity contribution in [3.63, 3.8) is 0 Å². The van der Waals surface area contributed by atoms with Gasteiger partial charge in [0, 0.05) is 29.9 Å². The van der Waals surface area contributed by atoms with Crippen molar-refractivity contribution in [1.29, 1.82) is 0 Å². The summed E-state index contributed by atoms with van der Waals surface area (Å²) in [7, 11) is 1.77. The van der Waals surface area contributed by atoms with Gasteiger partial charge in [0.15, 0.2) is 11.6 Å². The van der Waals surface area contributed by atoms with Crippen molar-refractivity contribution < 1.29 is 9.59 Å². The van der Waals surface area contributed by atoms with Crippen LogP contribution in [0.4, 0.5) is 0 Å². The molecule has 2 aromatic rings. The van der Waals surface area contributed by atoms with E-state index in [1.165, 1.54) is 0 Å². The van der Waals surface area contributed by atoms with Crippen LogP contribution in [0.2, 0.25) is 0 Å². The Labute approximate surface area is 108 Å². The molecule has 1 aliphatic rings. The second-order valence-electron chi connectivity index (χ2n) is 4.44. The van der Waals surface area contributed by atoms with Gasteiger partial charge in [0.25, 0.3) is 0 Å². The number of imidazole rings is 1. The fraction of sp³-hybridized carbons (Fsp3) is 0.308. The maximum Gasteiger partial charge on any atom is 0.209 e. The SMILES string of the molecule is Cn1ccnc1C(=O)C1CCc2sccc2C1=O. The first kappa shape index (κ1) is 11.3. The van der Waals surface area contributed by atoms with Gasteiger partial charge in [-0.05, 0) is 24.3 Å². The summed E-state index contributed by atoms with van der Waals surface area (Å²) in [6.45, 7) is 0. The second kappa shape index (κ2) is 4.17. The minimum absolute atomic E-state index is 0.0505. The maximum absolute atomic E-state index is 12.3. The van der Waals surface area contributed by atoms with Crippen LogP contribution in [0.15, 0.2) is 23.8 Å². The van der Waals surface area contributed by atoms with Crippen molar-refractivity contribution in [2.24, 2.45) is 13.0 Å². The Balaban J connectivity index is 1.94. The average molecular weight is 260 g/mol. The molecular weight excluding hydrogens is 248 g/mol. The summed E-state index contributed by atoms with van der Waals surface area (Å²) >= 11 is 1.59. The van der Waals surface area contributed by atoms with E-state index in [2.05, 4.69) is 4.98 Å². The van der Waals surface area contributed by atoms with Crippen LogP contribution in [-0.2, 0) is 13.5 Å². The lowest BCUT2D eigenvalue weighted by molar-refractivity contribution is 0.0783. The van der Waals surface area contributed by atoms with Gasteiger partial charge in [0.1, 0.15) is 0 Å². The lowest BCUT2D eigenvalue weighted by atomic mass is 9.84. The smallest absolute Gasteiger partial charge is 0.209 e. The number of carbonyl (C=O) groups excluding carboxylic acids is 2. The van der Waals surface area contributed by atoms with E-state index in [9.17, 15) is 9.59 Å². The van der Waals surface area contributed by atoms with Crippen LogP contribution in [-0.4, -0.2) is 21.1 Å². The van der Waals surface area contributed by atoms with E-state index in [4.69, 9.17) is 0 Å². The molecule has 4 nitrogen and oxygen atoms in total. The number of fused-ring (bicyclic) bond motifs is 1. The van der Waals surface area contributed by atoms with Gasteiger partial charge >= 0.3 is 0 Å². The third-order valence-corrected chi connectivity index (χ3v) is 4.33. The summed E-state index contributed by atoms with van der Waals surface area (Å²) in [5.74, 6) is -0.407. The highest BCUT2D eigenvalue weighted by Crippen LogP contribution is 2.30. The molecule has 0 aromatic carbocycles. The number of hydrogen-bond acceptors (Lipinski definition) is 4. The molecule has 0 saturated carbocycles. The Morgan fingerprint density at radius 1 is 1.56 bits per heavy atom. The molecule has 1 unspecified atom stereocenters. The lowest BCUT2D eigenvalue weighted by Gasteiger charge is -2.19. The van der Waals surface area contributed by atoms with Crippen molar-refractivity contribution in [1.82, 2.24) is 9.55 Å². The molecule has 1 aliphatic carbocycles. The Morgan fingerprint density at radius 3 is 3.11 bits per heavy atom. The van der Waals surface area contributed by atoms with Crippen LogP contribution in [0.25, 0.3) is 0 Å². The van der Waals surface area contributed by atoms with E-state index in [-0.39, 0.29) is 11.6 Å². The zero-order chi connectivity index (χ0) is 12.7. The first-order chi connectivity index (χ1) is 8.68. The highest BCUT2D eigenvalue weighted by Gasteiger charge is 2.35. The Kier molecular flexibility index (Phi) is 2.63. The number of aromatic nitrogens is 2. The Hall–Kier alpha value is -1.75. The van der Waals surface area contributed by atoms with E-state index in [0.29, 0.717) is 12.2 Å². The molecule has 0 bridgehead atoms. The zero-order valence-electron chi connectivity index (χ0n) is 9.92. The fourth-order valence-corrected chi connectivity index (χ4v) is 3.26. The fourth-order valence-electron chi connectivity index (χ4n) is 2.36. The first-order valence-corrected chi connectivity index (χ1v) is 6.68. The standard InChI is InChI=1S/C13H12N2O2S/c1-15-6-5-14-13(15)12(17)9-2-3-10-8(11(9)16)4-7-18-10/h4-7,9H,2-3H2,1H3. The monoisotopic (exact) mass is 260 g/mol. The predicted octanol–water partition coefficient (Wildman–Crippen LogP) is 2.11. The van der Waals surface area contributed by atoms with E-state index < -0.39 is 5.92 Å². The van der Waals surface area contributed by atoms with Crippen molar-refractivity contribution >= 4 is 22.9 Å². The molecule has 2 heterocycles. The molecular formula is C13H12N2O2S. The van der Waals surface area contributed by atoms with Gasteiger partial charge in [-0.3, -0.25) is 9.59 Å². The molecule has 0 N–H and O–H groups in total. The lowest BCUT2D eigenvalue weighted by Crippen LogP contribution is -2.30. The number of aryl methyl sites for hydroxylation is 2. The third-order valence-electron chi connectivity index (χ3n) is 3.35. The van der Waals surface area contributed by atoms with Gasteiger partial charge in [0.2, 0.25) is 5.78 Å². The summed E-state index contributed by atoms with van der Waals surface area (Å²) in [5, 5.41) is 1.91. The number of thiophene rings is 1. The summed E-state index contributed by atoms with van der Waals surface area (Å²) in [4.78, 5) is 29.7. The van der Waals surface area contributed by atoms with E-state index in [0.717, 1.165) is 16.9 Å². The van der Waals surface area contributed by atoms with Crippen LogP contribution in [0.3, 0.4) is 0 Å². The maximum atomic E-state index is 12.3. The molecule has 3 rings (SSSR count). The molecule has 5 heteroatoms. The Morgan fingerprint density at radius 2 is 2.39 bits per heavy atom. The average Bonchev–Trinajstić information content (AvgIpc) is 2.97. The molecule has 18 heavy (non-hydrogen) atoms. The highest BCUT2D eigenvalue weighted by atomic mass is 32.1. The van der Waals surface area contributed by atoms with Crippen molar-refractivity contribution in [3.05, 3.63) is 40.1 Å². The van der Waals surface area contributed by atoms with Crippen LogP contribution in [0, 0.1) is 5.92 Å². The van der Waals surface area contributed by atoms with E-state index >= 15 is 0 Å². The van der Waals surface area contributed by atoms with Crippen molar-refractivity contribution in [2.75, 3.05) is 0 Å². The van der Waals surface area contributed by atoms with Crippen molar-refractivity contribution in [3.8, 4) is 0 Å². The molecule has 1 atom stereocenters. The van der Waals surface area contributed by atoms with E-state index in [1.54, 1.807) is 35.3 Å².